The molecule has 1 aromatic rings. The van der Waals surface area contributed by atoms with Gasteiger partial charge in [-0.2, -0.15) is 13.2 Å². The Labute approximate surface area is 112 Å². The van der Waals surface area contributed by atoms with E-state index < -0.39 is 22.5 Å². The van der Waals surface area contributed by atoms with E-state index in [1.807, 2.05) is 0 Å². The fourth-order valence-electron chi connectivity index (χ4n) is 2.07. The van der Waals surface area contributed by atoms with Gasteiger partial charge in [0.1, 0.15) is 0 Å². The van der Waals surface area contributed by atoms with Crippen molar-refractivity contribution in [1.82, 2.24) is 5.32 Å². The summed E-state index contributed by atoms with van der Waals surface area (Å²) < 4.78 is 48.4. The van der Waals surface area contributed by atoms with Crippen molar-refractivity contribution in [2.24, 2.45) is 0 Å². The molecular formula is C13H16F3NOS. The largest absolute Gasteiger partial charge is 0.416 e. The average Bonchev–Trinajstić information content (AvgIpc) is 2.37. The summed E-state index contributed by atoms with van der Waals surface area (Å²) >= 11 is 0. The molecule has 1 aliphatic rings. The highest BCUT2D eigenvalue weighted by molar-refractivity contribution is 7.85. The Morgan fingerprint density at radius 2 is 1.74 bits per heavy atom. The Morgan fingerprint density at radius 1 is 1.16 bits per heavy atom. The van der Waals surface area contributed by atoms with Crippen LogP contribution in [0.3, 0.4) is 0 Å². The maximum absolute atomic E-state index is 12.4. The van der Waals surface area contributed by atoms with Crippen LogP contribution in [0, 0.1) is 0 Å². The van der Waals surface area contributed by atoms with Crippen molar-refractivity contribution >= 4 is 10.8 Å². The quantitative estimate of drug-likeness (QED) is 0.927. The van der Waals surface area contributed by atoms with Gasteiger partial charge in [0.15, 0.2) is 0 Å². The van der Waals surface area contributed by atoms with E-state index >= 15 is 0 Å². The van der Waals surface area contributed by atoms with Gasteiger partial charge in [-0.25, -0.2) is 0 Å². The lowest BCUT2D eigenvalue weighted by molar-refractivity contribution is -0.137. The first kappa shape index (κ1) is 14.5. The molecule has 106 valence electrons. The highest BCUT2D eigenvalue weighted by Gasteiger charge is 2.29. The van der Waals surface area contributed by atoms with Gasteiger partial charge in [-0.15, -0.1) is 0 Å². The first-order valence-electron chi connectivity index (χ1n) is 6.19. The van der Waals surface area contributed by atoms with E-state index in [2.05, 4.69) is 5.32 Å². The molecule has 19 heavy (non-hydrogen) atoms. The topological polar surface area (TPSA) is 29.1 Å². The lowest BCUT2D eigenvalue weighted by Crippen LogP contribution is -2.35. The first-order valence-corrected chi connectivity index (χ1v) is 7.68. The summed E-state index contributed by atoms with van der Waals surface area (Å²) in [6.45, 7) is 0.551. The molecule has 0 unspecified atom stereocenters. The van der Waals surface area contributed by atoms with Crippen molar-refractivity contribution in [3.05, 3.63) is 35.4 Å². The van der Waals surface area contributed by atoms with Gasteiger partial charge in [0.2, 0.25) is 0 Å². The minimum atomic E-state index is -4.28. The van der Waals surface area contributed by atoms with Crippen molar-refractivity contribution in [2.75, 3.05) is 11.5 Å². The molecule has 0 bridgehead atoms. The van der Waals surface area contributed by atoms with Gasteiger partial charge in [-0.05, 0) is 30.5 Å². The fourth-order valence-corrected chi connectivity index (χ4v) is 3.37. The van der Waals surface area contributed by atoms with Crippen molar-refractivity contribution in [3.8, 4) is 0 Å². The Kier molecular flexibility index (Phi) is 4.62. The third-order valence-electron chi connectivity index (χ3n) is 3.26. The van der Waals surface area contributed by atoms with Crippen LogP contribution >= 0.6 is 0 Å². The van der Waals surface area contributed by atoms with Crippen molar-refractivity contribution in [3.63, 3.8) is 0 Å². The van der Waals surface area contributed by atoms with Gasteiger partial charge >= 0.3 is 6.18 Å². The van der Waals surface area contributed by atoms with Crippen LogP contribution in [0.15, 0.2) is 24.3 Å². The predicted molar refractivity (Wildman–Crippen MR) is 69.2 cm³/mol. The molecule has 0 radical (unpaired) electrons. The number of hydrogen-bond donors (Lipinski definition) is 1. The average molecular weight is 291 g/mol. The summed E-state index contributed by atoms with van der Waals surface area (Å²) in [7, 11) is -0.687. The molecule has 1 aromatic carbocycles. The molecule has 1 fully saturated rings. The fraction of sp³-hybridized carbons (Fsp3) is 0.538. The summed E-state index contributed by atoms with van der Waals surface area (Å²) in [5.74, 6) is 1.43. The molecular weight excluding hydrogens is 275 g/mol. The standard InChI is InChI=1S/C13H16F3NOS/c14-13(15,16)11-3-1-10(2-4-11)9-17-12-5-7-19(18)8-6-12/h1-4,12,17H,5-9H2. The van der Waals surface area contributed by atoms with E-state index in [4.69, 9.17) is 0 Å². The van der Waals surface area contributed by atoms with Gasteiger partial charge in [0, 0.05) is 34.9 Å². The normalized spacial score (nSPS) is 24.4. The van der Waals surface area contributed by atoms with E-state index in [-0.39, 0.29) is 0 Å². The SMILES string of the molecule is O=S1CCC(NCc2ccc(C(F)(F)F)cc2)CC1. The van der Waals surface area contributed by atoms with Crippen LogP contribution in [0.5, 0.6) is 0 Å². The van der Waals surface area contributed by atoms with E-state index in [1.54, 1.807) is 0 Å². The number of benzene rings is 1. The second-order valence-electron chi connectivity index (χ2n) is 4.70. The molecule has 6 heteroatoms. The van der Waals surface area contributed by atoms with E-state index in [0.717, 1.165) is 30.5 Å². The lowest BCUT2D eigenvalue weighted by Gasteiger charge is -2.22. The highest BCUT2D eigenvalue weighted by Crippen LogP contribution is 2.29. The number of hydrogen-bond acceptors (Lipinski definition) is 2. The molecule has 2 nitrogen and oxygen atoms in total. The molecule has 1 heterocycles. The third-order valence-corrected chi connectivity index (χ3v) is 4.65. The molecule has 1 aliphatic heterocycles. The van der Waals surface area contributed by atoms with Gasteiger partial charge in [-0.1, -0.05) is 12.1 Å². The van der Waals surface area contributed by atoms with E-state index in [0.29, 0.717) is 24.1 Å². The van der Waals surface area contributed by atoms with Gasteiger partial charge in [0.25, 0.3) is 0 Å². The zero-order valence-electron chi connectivity index (χ0n) is 10.4. The van der Waals surface area contributed by atoms with Crippen molar-refractivity contribution in [1.29, 1.82) is 0 Å². The molecule has 0 saturated carbocycles. The lowest BCUT2D eigenvalue weighted by atomic mass is 10.1. The minimum Gasteiger partial charge on any atom is -0.310 e. The summed E-state index contributed by atoms with van der Waals surface area (Å²) in [6, 6.07) is 5.52. The Bertz CT molecular complexity index is 434. The second-order valence-corrected chi connectivity index (χ2v) is 6.39. The first-order chi connectivity index (χ1) is 8.95. The number of alkyl halides is 3. The molecule has 2 rings (SSSR count). The van der Waals surface area contributed by atoms with Gasteiger partial charge in [-0.3, -0.25) is 4.21 Å². The third kappa shape index (κ3) is 4.31. The Morgan fingerprint density at radius 3 is 2.26 bits per heavy atom. The second kappa shape index (κ2) is 6.05. The molecule has 0 aliphatic carbocycles. The molecule has 1 saturated heterocycles. The summed E-state index contributed by atoms with van der Waals surface area (Å²) in [6.07, 6.45) is -2.54. The smallest absolute Gasteiger partial charge is 0.310 e. The van der Waals surface area contributed by atoms with E-state index in [9.17, 15) is 17.4 Å². The van der Waals surface area contributed by atoms with Crippen LogP contribution in [0.1, 0.15) is 24.0 Å². The molecule has 1 N–H and O–H groups in total. The number of nitrogens with one attached hydrogen (secondary N) is 1. The monoisotopic (exact) mass is 291 g/mol. The predicted octanol–water partition coefficient (Wildman–Crippen LogP) is 2.71. The van der Waals surface area contributed by atoms with Gasteiger partial charge < -0.3 is 5.32 Å². The molecule has 0 atom stereocenters. The summed E-state index contributed by atoms with van der Waals surface area (Å²) in [5.41, 5.74) is 0.212. The van der Waals surface area contributed by atoms with Crippen LogP contribution in [0.4, 0.5) is 13.2 Å². The Balaban J connectivity index is 1.85. The van der Waals surface area contributed by atoms with E-state index in [1.165, 1.54) is 12.1 Å². The summed E-state index contributed by atoms with van der Waals surface area (Å²) in [4.78, 5) is 0. The zero-order valence-corrected chi connectivity index (χ0v) is 11.2. The maximum Gasteiger partial charge on any atom is 0.416 e. The van der Waals surface area contributed by atoms with Crippen LogP contribution in [-0.2, 0) is 23.5 Å². The van der Waals surface area contributed by atoms with Crippen molar-refractivity contribution < 1.29 is 17.4 Å². The summed E-state index contributed by atoms with van der Waals surface area (Å²) in [5, 5.41) is 3.30. The zero-order chi connectivity index (χ0) is 13.9. The molecule has 0 amide bonds. The van der Waals surface area contributed by atoms with Crippen LogP contribution in [0.2, 0.25) is 0 Å². The Hall–Kier alpha value is -0.880. The maximum atomic E-state index is 12.4. The van der Waals surface area contributed by atoms with Crippen molar-refractivity contribution in [2.45, 2.75) is 31.6 Å². The highest BCUT2D eigenvalue weighted by atomic mass is 32.2. The minimum absolute atomic E-state index is 0.319. The molecule has 0 spiro atoms. The van der Waals surface area contributed by atoms with Crippen LogP contribution in [0.25, 0.3) is 0 Å². The van der Waals surface area contributed by atoms with Crippen LogP contribution in [-0.4, -0.2) is 21.8 Å². The van der Waals surface area contributed by atoms with Crippen LogP contribution < -0.4 is 5.32 Å². The number of halogens is 3. The molecule has 0 aromatic heterocycles. The number of rotatable bonds is 3. The van der Waals surface area contributed by atoms with Gasteiger partial charge in [0.05, 0.1) is 5.56 Å².